The molecule has 0 saturated carbocycles. The van der Waals surface area contributed by atoms with E-state index in [1.807, 2.05) is 54.6 Å². The van der Waals surface area contributed by atoms with Gasteiger partial charge in [-0.1, -0.05) is 42.5 Å². The molecule has 0 saturated heterocycles. The molecule has 0 fully saturated rings. The van der Waals surface area contributed by atoms with E-state index in [0.717, 1.165) is 16.8 Å². The van der Waals surface area contributed by atoms with Crippen molar-refractivity contribution in [3.63, 3.8) is 0 Å². The maximum Gasteiger partial charge on any atom is 0.297 e. The number of nitrogens with one attached hydrogen (secondary N) is 1. The van der Waals surface area contributed by atoms with Crippen LogP contribution in [0.5, 0.6) is 0 Å². The summed E-state index contributed by atoms with van der Waals surface area (Å²) in [5.74, 6) is 0. The molecule has 3 rings (SSSR count). The second kappa shape index (κ2) is 5.79. The highest BCUT2D eigenvalue weighted by Crippen LogP contribution is 2.32. The largest absolute Gasteiger partial charge is 0.355 e. The average molecular weight is 313 g/mol. The molecule has 3 aromatic carbocycles. The van der Waals surface area contributed by atoms with Crippen LogP contribution in [0.15, 0.2) is 71.6 Å². The minimum absolute atomic E-state index is 0.159. The first kappa shape index (κ1) is 14.6. The summed E-state index contributed by atoms with van der Waals surface area (Å²) < 4.78 is 29.0. The van der Waals surface area contributed by atoms with E-state index in [9.17, 15) is 8.42 Å². The first-order valence-corrected chi connectivity index (χ1v) is 8.17. The van der Waals surface area contributed by atoms with Gasteiger partial charge in [-0.05, 0) is 29.7 Å². The molecule has 0 radical (unpaired) electrons. The van der Waals surface area contributed by atoms with Crippen LogP contribution in [0.4, 0.5) is 11.4 Å². The van der Waals surface area contributed by atoms with E-state index >= 15 is 0 Å². The van der Waals surface area contributed by atoms with Gasteiger partial charge in [-0.2, -0.15) is 8.42 Å². The zero-order valence-electron chi connectivity index (χ0n) is 12.0. The van der Waals surface area contributed by atoms with E-state index in [4.69, 9.17) is 0 Å². The molecule has 0 aliphatic rings. The highest BCUT2D eigenvalue weighted by molar-refractivity contribution is 7.87. The van der Waals surface area contributed by atoms with E-state index in [1.165, 1.54) is 7.11 Å². The van der Waals surface area contributed by atoms with Crippen molar-refractivity contribution in [2.24, 2.45) is 0 Å². The molecule has 0 spiro atoms. The van der Waals surface area contributed by atoms with Crippen molar-refractivity contribution in [2.45, 2.75) is 4.90 Å². The lowest BCUT2D eigenvalue weighted by atomic mass is 10.1. The third-order valence-electron chi connectivity index (χ3n) is 3.41. The molecule has 0 amide bonds. The lowest BCUT2D eigenvalue weighted by Gasteiger charge is -2.13. The molecular formula is C17H15NO3S. The molecule has 0 bridgehead atoms. The zero-order valence-corrected chi connectivity index (χ0v) is 12.8. The van der Waals surface area contributed by atoms with Gasteiger partial charge in [-0.25, -0.2) is 0 Å². The molecule has 0 aromatic heterocycles. The molecule has 112 valence electrons. The fourth-order valence-electron chi connectivity index (χ4n) is 2.39. The number of anilines is 2. The van der Waals surface area contributed by atoms with Gasteiger partial charge in [0.1, 0.15) is 4.90 Å². The predicted molar refractivity (Wildman–Crippen MR) is 87.9 cm³/mol. The highest BCUT2D eigenvalue weighted by atomic mass is 32.2. The molecule has 1 N–H and O–H groups in total. The van der Waals surface area contributed by atoms with Crippen LogP contribution in [0.3, 0.4) is 0 Å². The molecule has 5 heteroatoms. The Labute approximate surface area is 129 Å². The Morgan fingerprint density at radius 3 is 2.23 bits per heavy atom. The quantitative estimate of drug-likeness (QED) is 0.742. The van der Waals surface area contributed by atoms with E-state index in [1.54, 1.807) is 12.1 Å². The van der Waals surface area contributed by atoms with Crippen molar-refractivity contribution in [3.05, 3.63) is 66.7 Å². The van der Waals surface area contributed by atoms with E-state index in [-0.39, 0.29) is 4.90 Å². The Bertz CT molecular complexity index is 900. The van der Waals surface area contributed by atoms with Gasteiger partial charge in [0.25, 0.3) is 10.1 Å². The van der Waals surface area contributed by atoms with Gasteiger partial charge in [-0.3, -0.25) is 4.18 Å². The monoisotopic (exact) mass is 313 g/mol. The van der Waals surface area contributed by atoms with Gasteiger partial charge in [0.05, 0.1) is 7.11 Å². The van der Waals surface area contributed by atoms with Crippen molar-refractivity contribution in [2.75, 3.05) is 12.4 Å². The van der Waals surface area contributed by atoms with Crippen LogP contribution in [0.25, 0.3) is 10.8 Å². The molecular weight excluding hydrogens is 298 g/mol. The number of rotatable bonds is 4. The van der Waals surface area contributed by atoms with Gasteiger partial charge in [0, 0.05) is 16.8 Å². The maximum absolute atomic E-state index is 12.2. The predicted octanol–water partition coefficient (Wildman–Crippen LogP) is 3.92. The fourth-order valence-corrected chi connectivity index (χ4v) is 3.29. The van der Waals surface area contributed by atoms with Gasteiger partial charge in [0.2, 0.25) is 0 Å². The number of hydrogen-bond acceptors (Lipinski definition) is 4. The van der Waals surface area contributed by atoms with Gasteiger partial charge < -0.3 is 5.32 Å². The summed E-state index contributed by atoms with van der Waals surface area (Å²) in [6, 6.07) is 20.4. The summed E-state index contributed by atoms with van der Waals surface area (Å²) in [5.41, 5.74) is 1.61. The normalized spacial score (nSPS) is 11.5. The van der Waals surface area contributed by atoms with E-state index in [0.29, 0.717) is 5.39 Å². The second-order valence-corrected chi connectivity index (χ2v) is 6.45. The van der Waals surface area contributed by atoms with Gasteiger partial charge in [0.15, 0.2) is 0 Å². The van der Waals surface area contributed by atoms with Crippen molar-refractivity contribution < 1.29 is 12.6 Å². The number of benzene rings is 3. The molecule has 4 nitrogen and oxygen atoms in total. The molecule has 0 aliphatic carbocycles. The molecule has 0 aliphatic heterocycles. The molecule has 0 atom stereocenters. The fraction of sp³-hybridized carbons (Fsp3) is 0.0588. The van der Waals surface area contributed by atoms with Crippen LogP contribution in [0, 0.1) is 0 Å². The summed E-state index contributed by atoms with van der Waals surface area (Å²) in [7, 11) is -2.61. The van der Waals surface area contributed by atoms with Crippen LogP contribution in [-0.4, -0.2) is 15.5 Å². The Kier molecular flexibility index (Phi) is 3.83. The lowest BCUT2D eigenvalue weighted by molar-refractivity contribution is 0.398. The highest BCUT2D eigenvalue weighted by Gasteiger charge is 2.18. The standard InChI is InChI=1S/C17H15NO3S/c1-21-22(19,20)16-12-6-8-13-7-5-11-15(17(13)16)18-14-9-3-2-4-10-14/h2-12,18H,1H3. The van der Waals surface area contributed by atoms with Crippen LogP contribution < -0.4 is 5.32 Å². The van der Waals surface area contributed by atoms with Crippen LogP contribution in [0.2, 0.25) is 0 Å². The first-order valence-electron chi connectivity index (χ1n) is 6.76. The van der Waals surface area contributed by atoms with Crippen molar-refractivity contribution >= 4 is 32.3 Å². The number of para-hydroxylation sites is 1. The topological polar surface area (TPSA) is 55.4 Å². The minimum Gasteiger partial charge on any atom is -0.355 e. The number of hydrogen-bond donors (Lipinski definition) is 1. The van der Waals surface area contributed by atoms with E-state index < -0.39 is 10.1 Å². The van der Waals surface area contributed by atoms with E-state index in [2.05, 4.69) is 9.50 Å². The lowest BCUT2D eigenvalue weighted by Crippen LogP contribution is -2.04. The summed E-state index contributed by atoms with van der Waals surface area (Å²) in [4.78, 5) is 0.159. The summed E-state index contributed by atoms with van der Waals surface area (Å²) in [6.07, 6.45) is 0. The molecule has 0 heterocycles. The third-order valence-corrected chi connectivity index (χ3v) is 4.73. The minimum atomic E-state index is -3.78. The van der Waals surface area contributed by atoms with Gasteiger partial charge >= 0.3 is 0 Å². The number of fused-ring (bicyclic) bond motifs is 1. The van der Waals surface area contributed by atoms with Crippen molar-refractivity contribution in [1.82, 2.24) is 0 Å². The Morgan fingerprint density at radius 2 is 1.55 bits per heavy atom. The molecule has 0 unspecified atom stereocenters. The summed E-state index contributed by atoms with van der Waals surface area (Å²) in [6.45, 7) is 0. The van der Waals surface area contributed by atoms with Crippen LogP contribution >= 0.6 is 0 Å². The Balaban J connectivity index is 2.23. The van der Waals surface area contributed by atoms with Crippen molar-refractivity contribution in [1.29, 1.82) is 0 Å². The molecule has 22 heavy (non-hydrogen) atoms. The SMILES string of the molecule is COS(=O)(=O)c1cccc2cccc(Nc3ccccc3)c12. The third kappa shape index (κ3) is 2.68. The van der Waals surface area contributed by atoms with Crippen LogP contribution in [-0.2, 0) is 14.3 Å². The average Bonchev–Trinajstić information content (AvgIpc) is 2.55. The Morgan fingerprint density at radius 1 is 0.864 bits per heavy atom. The summed E-state index contributed by atoms with van der Waals surface area (Å²) >= 11 is 0. The summed E-state index contributed by atoms with van der Waals surface area (Å²) in [5, 5.41) is 4.72. The second-order valence-electron chi connectivity index (χ2n) is 4.77. The first-order chi connectivity index (χ1) is 10.6. The maximum atomic E-state index is 12.2. The van der Waals surface area contributed by atoms with Gasteiger partial charge in [-0.15, -0.1) is 0 Å². The zero-order chi connectivity index (χ0) is 15.6. The van der Waals surface area contributed by atoms with Crippen LogP contribution in [0.1, 0.15) is 0 Å². The van der Waals surface area contributed by atoms with Crippen molar-refractivity contribution in [3.8, 4) is 0 Å². The molecule has 3 aromatic rings. The smallest absolute Gasteiger partial charge is 0.297 e. The Hall–Kier alpha value is -2.37.